The van der Waals surface area contributed by atoms with Gasteiger partial charge < -0.3 is 4.74 Å². The predicted octanol–water partition coefficient (Wildman–Crippen LogP) is 3.85. The molecule has 1 aliphatic rings. The Balaban J connectivity index is 1.87. The SMILES string of the molecule is COc1nc(C(=O)c2ccc(C3CC3)cc2)ccc1Cl. The van der Waals surface area contributed by atoms with Gasteiger partial charge in [-0.1, -0.05) is 35.9 Å². The van der Waals surface area contributed by atoms with Crippen molar-refractivity contribution in [3.63, 3.8) is 0 Å². The molecule has 0 saturated heterocycles. The van der Waals surface area contributed by atoms with E-state index >= 15 is 0 Å². The van der Waals surface area contributed by atoms with Gasteiger partial charge in [0.15, 0.2) is 0 Å². The number of aromatic nitrogens is 1. The lowest BCUT2D eigenvalue weighted by Gasteiger charge is -2.05. The number of ketones is 1. The van der Waals surface area contributed by atoms with E-state index in [2.05, 4.69) is 4.98 Å². The summed E-state index contributed by atoms with van der Waals surface area (Å²) in [7, 11) is 1.48. The van der Waals surface area contributed by atoms with Gasteiger partial charge in [0.2, 0.25) is 11.7 Å². The molecule has 0 spiro atoms. The zero-order chi connectivity index (χ0) is 14.1. The van der Waals surface area contributed by atoms with Crippen molar-refractivity contribution in [2.45, 2.75) is 18.8 Å². The topological polar surface area (TPSA) is 39.2 Å². The van der Waals surface area contributed by atoms with E-state index in [-0.39, 0.29) is 11.7 Å². The zero-order valence-electron chi connectivity index (χ0n) is 11.1. The van der Waals surface area contributed by atoms with E-state index in [4.69, 9.17) is 16.3 Å². The van der Waals surface area contributed by atoms with Crippen LogP contribution >= 0.6 is 11.6 Å². The van der Waals surface area contributed by atoms with Crippen molar-refractivity contribution < 1.29 is 9.53 Å². The Hall–Kier alpha value is -1.87. The van der Waals surface area contributed by atoms with Crippen LogP contribution in [0.3, 0.4) is 0 Å². The highest BCUT2D eigenvalue weighted by molar-refractivity contribution is 6.31. The second-order valence-corrected chi connectivity index (χ2v) is 5.32. The van der Waals surface area contributed by atoms with Crippen LogP contribution in [0.15, 0.2) is 36.4 Å². The van der Waals surface area contributed by atoms with Crippen LogP contribution in [-0.4, -0.2) is 17.9 Å². The molecule has 1 aromatic carbocycles. The van der Waals surface area contributed by atoms with Gasteiger partial charge >= 0.3 is 0 Å². The lowest BCUT2D eigenvalue weighted by Crippen LogP contribution is -2.05. The molecule has 2 aromatic rings. The van der Waals surface area contributed by atoms with Gasteiger partial charge in [-0.25, -0.2) is 4.98 Å². The van der Waals surface area contributed by atoms with Crippen LogP contribution in [0.5, 0.6) is 5.88 Å². The van der Waals surface area contributed by atoms with Crippen molar-refractivity contribution in [1.82, 2.24) is 4.98 Å². The Bertz CT molecular complexity index is 648. The van der Waals surface area contributed by atoms with E-state index in [0.29, 0.717) is 22.2 Å². The maximum absolute atomic E-state index is 12.4. The number of ether oxygens (including phenoxy) is 1. The summed E-state index contributed by atoms with van der Waals surface area (Å²) in [4.78, 5) is 16.5. The molecule has 0 radical (unpaired) electrons. The minimum absolute atomic E-state index is 0.123. The molecule has 3 nitrogen and oxygen atoms in total. The molecule has 1 aliphatic carbocycles. The number of benzene rings is 1. The van der Waals surface area contributed by atoms with Crippen molar-refractivity contribution >= 4 is 17.4 Å². The zero-order valence-corrected chi connectivity index (χ0v) is 11.9. The third-order valence-corrected chi connectivity index (χ3v) is 3.75. The van der Waals surface area contributed by atoms with E-state index in [1.165, 1.54) is 25.5 Å². The first-order valence-corrected chi connectivity index (χ1v) is 6.92. The van der Waals surface area contributed by atoms with Crippen molar-refractivity contribution in [2.24, 2.45) is 0 Å². The first kappa shape index (κ1) is 13.1. The molecule has 102 valence electrons. The molecule has 0 atom stereocenters. The smallest absolute Gasteiger partial charge is 0.232 e. The number of pyridine rings is 1. The van der Waals surface area contributed by atoms with Gasteiger partial charge in [0.25, 0.3) is 0 Å². The average molecular weight is 288 g/mol. The van der Waals surface area contributed by atoms with E-state index in [0.717, 1.165) is 0 Å². The molecule has 0 N–H and O–H groups in total. The van der Waals surface area contributed by atoms with E-state index in [1.807, 2.05) is 24.3 Å². The number of rotatable bonds is 4. The fourth-order valence-electron chi connectivity index (χ4n) is 2.16. The van der Waals surface area contributed by atoms with Crippen LogP contribution < -0.4 is 4.74 Å². The van der Waals surface area contributed by atoms with Crippen LogP contribution in [-0.2, 0) is 0 Å². The maximum Gasteiger partial charge on any atom is 0.232 e. The summed E-state index contributed by atoms with van der Waals surface area (Å²) in [6.45, 7) is 0. The Morgan fingerprint density at radius 1 is 1.20 bits per heavy atom. The van der Waals surface area contributed by atoms with Crippen molar-refractivity contribution in [3.05, 3.63) is 58.2 Å². The van der Waals surface area contributed by atoms with Crippen LogP contribution in [0, 0.1) is 0 Å². The highest BCUT2D eigenvalue weighted by atomic mass is 35.5. The lowest BCUT2D eigenvalue weighted by atomic mass is 10.0. The van der Waals surface area contributed by atoms with Gasteiger partial charge in [-0.3, -0.25) is 4.79 Å². The fraction of sp³-hybridized carbons (Fsp3) is 0.250. The molecule has 1 fully saturated rings. The molecule has 0 amide bonds. The highest BCUT2D eigenvalue weighted by Crippen LogP contribution is 2.39. The molecule has 4 heteroatoms. The third kappa shape index (κ3) is 2.54. The van der Waals surface area contributed by atoms with Crippen molar-refractivity contribution in [3.8, 4) is 5.88 Å². The second kappa shape index (κ2) is 5.25. The van der Waals surface area contributed by atoms with E-state index in [1.54, 1.807) is 12.1 Å². The normalized spacial score (nSPS) is 14.1. The van der Waals surface area contributed by atoms with Crippen LogP contribution in [0.2, 0.25) is 5.02 Å². The Morgan fingerprint density at radius 3 is 2.50 bits per heavy atom. The number of carbonyl (C=O) groups is 1. The number of nitrogens with zero attached hydrogens (tertiary/aromatic N) is 1. The van der Waals surface area contributed by atoms with E-state index in [9.17, 15) is 4.79 Å². The van der Waals surface area contributed by atoms with Gasteiger partial charge in [-0.15, -0.1) is 0 Å². The van der Waals surface area contributed by atoms with Crippen LogP contribution in [0.4, 0.5) is 0 Å². The molecular weight excluding hydrogens is 274 g/mol. The minimum atomic E-state index is -0.123. The molecule has 0 bridgehead atoms. The van der Waals surface area contributed by atoms with Crippen LogP contribution in [0.25, 0.3) is 0 Å². The number of hydrogen-bond donors (Lipinski definition) is 0. The predicted molar refractivity (Wildman–Crippen MR) is 77.6 cm³/mol. The van der Waals surface area contributed by atoms with Gasteiger partial charge in [-0.05, 0) is 36.5 Å². The number of methoxy groups -OCH3 is 1. The minimum Gasteiger partial charge on any atom is -0.480 e. The van der Waals surface area contributed by atoms with Crippen LogP contribution in [0.1, 0.15) is 40.4 Å². The summed E-state index contributed by atoms with van der Waals surface area (Å²) in [6.07, 6.45) is 2.51. The summed E-state index contributed by atoms with van der Waals surface area (Å²) in [6, 6.07) is 11.0. The fourth-order valence-corrected chi connectivity index (χ4v) is 2.35. The quantitative estimate of drug-likeness (QED) is 0.802. The molecule has 1 aromatic heterocycles. The third-order valence-electron chi connectivity index (χ3n) is 3.46. The van der Waals surface area contributed by atoms with Gasteiger partial charge in [0, 0.05) is 5.56 Å². The van der Waals surface area contributed by atoms with E-state index < -0.39 is 0 Å². The first-order chi connectivity index (χ1) is 9.69. The van der Waals surface area contributed by atoms with Crippen molar-refractivity contribution in [1.29, 1.82) is 0 Å². The molecule has 0 aliphatic heterocycles. The second-order valence-electron chi connectivity index (χ2n) is 4.91. The Kier molecular flexibility index (Phi) is 3.45. The molecular formula is C16H14ClNO2. The van der Waals surface area contributed by atoms with Gasteiger partial charge in [0.05, 0.1) is 7.11 Å². The molecule has 0 unspecified atom stereocenters. The number of carbonyl (C=O) groups excluding carboxylic acids is 1. The highest BCUT2D eigenvalue weighted by Gasteiger charge is 2.23. The first-order valence-electron chi connectivity index (χ1n) is 6.54. The Morgan fingerprint density at radius 2 is 1.90 bits per heavy atom. The average Bonchev–Trinajstić information content (AvgIpc) is 3.32. The largest absolute Gasteiger partial charge is 0.480 e. The van der Waals surface area contributed by atoms with Gasteiger partial charge in [0.1, 0.15) is 10.7 Å². The maximum atomic E-state index is 12.4. The molecule has 1 saturated carbocycles. The number of hydrogen-bond acceptors (Lipinski definition) is 3. The standard InChI is InChI=1S/C16H14ClNO2/c1-20-16-13(17)8-9-14(18-16)15(19)12-6-4-11(5-7-12)10-2-3-10/h4-10H,2-3H2,1H3. The van der Waals surface area contributed by atoms with Crippen molar-refractivity contribution in [2.75, 3.05) is 7.11 Å². The monoisotopic (exact) mass is 287 g/mol. The Labute approximate surface area is 122 Å². The summed E-state index contributed by atoms with van der Waals surface area (Å²) >= 11 is 5.91. The van der Waals surface area contributed by atoms with Gasteiger partial charge in [-0.2, -0.15) is 0 Å². The molecule has 20 heavy (non-hydrogen) atoms. The summed E-state index contributed by atoms with van der Waals surface area (Å²) in [5, 5.41) is 0.396. The molecule has 1 heterocycles. The summed E-state index contributed by atoms with van der Waals surface area (Å²) in [5.41, 5.74) is 2.28. The summed E-state index contributed by atoms with van der Waals surface area (Å²) < 4.78 is 5.04. The number of halogens is 1. The molecule has 3 rings (SSSR count). The lowest BCUT2D eigenvalue weighted by molar-refractivity contribution is 0.103. The summed E-state index contributed by atoms with van der Waals surface area (Å²) in [5.74, 6) is 0.835.